The maximum absolute atomic E-state index is 13.6. The second-order valence-corrected chi connectivity index (χ2v) is 5.94. The Labute approximate surface area is 120 Å². The number of benzene rings is 1. The molecule has 0 saturated heterocycles. The smallest absolute Gasteiger partial charge is 0.165 e. The maximum Gasteiger partial charge on any atom is 0.165 e. The van der Waals surface area contributed by atoms with Gasteiger partial charge in [-0.25, -0.2) is 4.39 Å². The summed E-state index contributed by atoms with van der Waals surface area (Å²) < 4.78 is 18.6. The molecule has 0 atom stereocenters. The predicted molar refractivity (Wildman–Crippen MR) is 77.2 cm³/mol. The molecule has 0 heterocycles. The first-order chi connectivity index (χ1) is 9.58. The summed E-state index contributed by atoms with van der Waals surface area (Å²) in [5.74, 6) is 0.647. The Bertz CT molecular complexity index is 442. The van der Waals surface area contributed by atoms with Crippen LogP contribution in [-0.2, 0) is 6.54 Å². The van der Waals surface area contributed by atoms with E-state index in [1.165, 1.54) is 13.2 Å². The fourth-order valence-electron chi connectivity index (χ4n) is 2.81. The third kappa shape index (κ3) is 3.49. The molecule has 2 rings (SSSR count). The van der Waals surface area contributed by atoms with E-state index in [0.29, 0.717) is 6.54 Å². The minimum atomic E-state index is -0.345. The second-order valence-electron chi connectivity index (χ2n) is 5.94. The molecule has 4 heteroatoms. The summed E-state index contributed by atoms with van der Waals surface area (Å²) >= 11 is 0. The summed E-state index contributed by atoms with van der Waals surface area (Å²) in [4.78, 5) is 0. The molecule has 2 N–H and O–H groups in total. The largest absolute Gasteiger partial charge is 0.494 e. The van der Waals surface area contributed by atoms with E-state index in [0.717, 1.165) is 37.2 Å². The number of rotatable bonds is 5. The van der Waals surface area contributed by atoms with Gasteiger partial charge in [-0.05, 0) is 49.3 Å². The first-order valence-electron chi connectivity index (χ1n) is 7.27. The van der Waals surface area contributed by atoms with Crippen molar-refractivity contribution < 1.29 is 14.2 Å². The van der Waals surface area contributed by atoms with Crippen molar-refractivity contribution in [1.29, 1.82) is 0 Å². The fraction of sp³-hybridized carbons (Fsp3) is 0.625. The summed E-state index contributed by atoms with van der Waals surface area (Å²) in [5, 5.41) is 13.1. The molecular weight excluding hydrogens is 257 g/mol. The van der Waals surface area contributed by atoms with Gasteiger partial charge >= 0.3 is 0 Å². The van der Waals surface area contributed by atoms with Gasteiger partial charge in [0.2, 0.25) is 0 Å². The third-order valence-corrected chi connectivity index (χ3v) is 4.42. The van der Waals surface area contributed by atoms with E-state index in [1.54, 1.807) is 6.07 Å². The number of hydrogen-bond acceptors (Lipinski definition) is 3. The van der Waals surface area contributed by atoms with Gasteiger partial charge in [-0.2, -0.15) is 0 Å². The lowest BCUT2D eigenvalue weighted by molar-refractivity contribution is 0.104. The summed E-state index contributed by atoms with van der Waals surface area (Å²) in [6.45, 7) is 2.95. The third-order valence-electron chi connectivity index (χ3n) is 4.42. The average molecular weight is 281 g/mol. The van der Waals surface area contributed by atoms with E-state index in [4.69, 9.17) is 4.74 Å². The Morgan fingerprint density at radius 2 is 2.10 bits per heavy atom. The fourth-order valence-corrected chi connectivity index (χ4v) is 2.81. The monoisotopic (exact) mass is 281 g/mol. The van der Waals surface area contributed by atoms with Crippen LogP contribution in [0.4, 0.5) is 4.39 Å². The Morgan fingerprint density at radius 3 is 2.65 bits per heavy atom. The lowest BCUT2D eigenvalue weighted by Crippen LogP contribution is -2.50. The van der Waals surface area contributed by atoms with Crippen LogP contribution < -0.4 is 10.1 Å². The van der Waals surface area contributed by atoms with E-state index in [2.05, 4.69) is 12.2 Å². The number of hydrogen-bond donors (Lipinski definition) is 2. The lowest BCUT2D eigenvalue weighted by atomic mass is 9.77. The van der Waals surface area contributed by atoms with E-state index >= 15 is 0 Å². The van der Waals surface area contributed by atoms with Crippen LogP contribution in [0, 0.1) is 11.7 Å². The molecule has 1 aliphatic carbocycles. The van der Waals surface area contributed by atoms with Crippen LogP contribution in [0.25, 0.3) is 0 Å². The predicted octanol–water partition coefficient (Wildman–Crippen LogP) is 2.87. The SMILES string of the molecule is COc1ccc(CNC2(CO)CCC(C)CC2)cc1F. The molecule has 1 aromatic carbocycles. The molecule has 20 heavy (non-hydrogen) atoms. The number of aliphatic hydroxyl groups is 1. The standard InChI is InChI=1S/C16H24FNO2/c1-12-5-7-16(11-19,8-6-12)18-10-13-3-4-15(20-2)14(17)9-13/h3-4,9,12,18-19H,5-8,10-11H2,1-2H3. The van der Waals surface area contributed by atoms with Crippen LogP contribution in [0.3, 0.4) is 0 Å². The molecule has 0 unspecified atom stereocenters. The highest BCUT2D eigenvalue weighted by molar-refractivity contribution is 5.29. The highest BCUT2D eigenvalue weighted by atomic mass is 19.1. The number of aliphatic hydroxyl groups excluding tert-OH is 1. The van der Waals surface area contributed by atoms with Crippen LogP contribution in [-0.4, -0.2) is 24.4 Å². The highest BCUT2D eigenvalue weighted by Gasteiger charge is 2.32. The molecular formula is C16H24FNO2. The van der Waals surface area contributed by atoms with Gasteiger partial charge in [0, 0.05) is 12.1 Å². The zero-order valence-corrected chi connectivity index (χ0v) is 12.3. The van der Waals surface area contributed by atoms with Crippen molar-refractivity contribution in [2.24, 2.45) is 5.92 Å². The van der Waals surface area contributed by atoms with Crippen LogP contribution in [0.5, 0.6) is 5.75 Å². The summed E-state index contributed by atoms with van der Waals surface area (Å²) in [6, 6.07) is 4.98. The maximum atomic E-state index is 13.6. The van der Waals surface area contributed by atoms with Gasteiger partial charge in [0.05, 0.1) is 13.7 Å². The van der Waals surface area contributed by atoms with Crippen LogP contribution >= 0.6 is 0 Å². The number of methoxy groups -OCH3 is 1. The van der Waals surface area contributed by atoms with Gasteiger partial charge in [0.25, 0.3) is 0 Å². The molecule has 0 amide bonds. The summed E-state index contributed by atoms with van der Waals surface area (Å²) in [7, 11) is 1.46. The van der Waals surface area contributed by atoms with Crippen molar-refractivity contribution in [3.05, 3.63) is 29.6 Å². The molecule has 1 saturated carbocycles. The number of nitrogens with one attached hydrogen (secondary N) is 1. The molecule has 1 aromatic rings. The molecule has 0 radical (unpaired) electrons. The van der Waals surface area contributed by atoms with Crippen LogP contribution in [0.2, 0.25) is 0 Å². The molecule has 0 aliphatic heterocycles. The quantitative estimate of drug-likeness (QED) is 0.872. The summed E-state index contributed by atoms with van der Waals surface area (Å²) in [5.41, 5.74) is 0.665. The van der Waals surface area contributed by atoms with Gasteiger partial charge in [0.1, 0.15) is 0 Å². The molecule has 0 aromatic heterocycles. The molecule has 1 aliphatic rings. The summed E-state index contributed by atoms with van der Waals surface area (Å²) in [6.07, 6.45) is 4.21. The van der Waals surface area contributed by atoms with E-state index in [1.807, 2.05) is 6.07 Å². The zero-order chi connectivity index (χ0) is 14.6. The van der Waals surface area contributed by atoms with E-state index in [9.17, 15) is 9.50 Å². The second kappa shape index (κ2) is 6.55. The first kappa shape index (κ1) is 15.3. The van der Waals surface area contributed by atoms with E-state index < -0.39 is 0 Å². The Morgan fingerprint density at radius 1 is 1.40 bits per heavy atom. The molecule has 0 spiro atoms. The number of halogens is 1. The highest BCUT2D eigenvalue weighted by Crippen LogP contribution is 2.32. The van der Waals surface area contributed by atoms with Gasteiger partial charge in [-0.1, -0.05) is 13.0 Å². The topological polar surface area (TPSA) is 41.5 Å². The van der Waals surface area contributed by atoms with Gasteiger partial charge in [-0.15, -0.1) is 0 Å². The normalized spacial score (nSPS) is 26.5. The van der Waals surface area contributed by atoms with Crippen molar-refractivity contribution >= 4 is 0 Å². The Kier molecular flexibility index (Phi) is 5.00. The Hall–Kier alpha value is -1.13. The number of ether oxygens (including phenoxy) is 1. The van der Waals surface area contributed by atoms with Gasteiger partial charge in [0.15, 0.2) is 11.6 Å². The molecule has 112 valence electrons. The Balaban J connectivity index is 1.98. The van der Waals surface area contributed by atoms with Gasteiger partial charge < -0.3 is 15.2 Å². The zero-order valence-electron chi connectivity index (χ0n) is 12.3. The van der Waals surface area contributed by atoms with Crippen molar-refractivity contribution in [2.45, 2.75) is 44.7 Å². The van der Waals surface area contributed by atoms with Crippen LogP contribution in [0.1, 0.15) is 38.2 Å². The van der Waals surface area contributed by atoms with Crippen molar-refractivity contribution in [3.8, 4) is 5.75 Å². The average Bonchev–Trinajstić information content (AvgIpc) is 2.47. The van der Waals surface area contributed by atoms with E-state index in [-0.39, 0.29) is 23.7 Å². The van der Waals surface area contributed by atoms with Crippen molar-refractivity contribution in [2.75, 3.05) is 13.7 Å². The van der Waals surface area contributed by atoms with Crippen molar-refractivity contribution in [3.63, 3.8) is 0 Å². The lowest BCUT2D eigenvalue weighted by Gasteiger charge is -2.39. The minimum Gasteiger partial charge on any atom is -0.494 e. The minimum absolute atomic E-state index is 0.137. The molecule has 0 bridgehead atoms. The first-order valence-corrected chi connectivity index (χ1v) is 7.27. The van der Waals surface area contributed by atoms with Gasteiger partial charge in [-0.3, -0.25) is 0 Å². The molecule has 1 fully saturated rings. The molecule has 3 nitrogen and oxygen atoms in total. The van der Waals surface area contributed by atoms with Crippen LogP contribution in [0.15, 0.2) is 18.2 Å². The van der Waals surface area contributed by atoms with Crippen molar-refractivity contribution in [1.82, 2.24) is 5.32 Å².